The summed E-state index contributed by atoms with van der Waals surface area (Å²) in [6, 6.07) is 7.48. The summed E-state index contributed by atoms with van der Waals surface area (Å²) < 4.78 is 5.45. The molecule has 1 aromatic rings. The van der Waals surface area contributed by atoms with Gasteiger partial charge in [-0.25, -0.2) is 0 Å². The van der Waals surface area contributed by atoms with Crippen molar-refractivity contribution in [1.82, 2.24) is 21.2 Å². The molecule has 4 fully saturated rings. The fraction of sp³-hybridized carbons (Fsp3) is 0.794. The second-order valence-electron chi connectivity index (χ2n) is 13.8. The van der Waals surface area contributed by atoms with Crippen molar-refractivity contribution < 1.29 is 19.2 Å². The summed E-state index contributed by atoms with van der Waals surface area (Å²) in [5.74, 6) is 0.345. The Labute approximate surface area is 252 Å². The van der Waals surface area contributed by atoms with E-state index in [9.17, 15) is 4.79 Å². The van der Waals surface area contributed by atoms with Gasteiger partial charge in [0.05, 0.1) is 12.6 Å². The van der Waals surface area contributed by atoms with Crippen LogP contribution < -0.4 is 16.1 Å². The molecule has 8 heteroatoms. The molecular formula is C34H54N4O4. The predicted octanol–water partition coefficient (Wildman–Crippen LogP) is 6.12. The fourth-order valence-electron chi connectivity index (χ4n) is 8.43. The third-order valence-electron chi connectivity index (χ3n) is 10.7. The molecular weight excluding hydrogens is 528 g/mol. The van der Waals surface area contributed by atoms with E-state index in [1.54, 1.807) is 7.11 Å². The number of rotatable bonds is 7. The molecule has 1 amide bonds. The first-order chi connectivity index (χ1) is 20.6. The third kappa shape index (κ3) is 6.59. The van der Waals surface area contributed by atoms with E-state index in [2.05, 4.69) is 46.3 Å². The van der Waals surface area contributed by atoms with Gasteiger partial charge in [0.2, 0.25) is 0 Å². The van der Waals surface area contributed by atoms with Crippen LogP contribution in [0.4, 0.5) is 0 Å². The minimum absolute atomic E-state index is 0.0123. The van der Waals surface area contributed by atoms with Crippen LogP contribution in [0.3, 0.4) is 0 Å². The first-order valence-electron chi connectivity index (χ1n) is 17.1. The third-order valence-corrected chi connectivity index (χ3v) is 10.7. The number of methoxy groups -OCH3 is 1. The lowest BCUT2D eigenvalue weighted by Gasteiger charge is -2.35. The Balaban J connectivity index is 1.18. The molecule has 2 aliphatic heterocycles. The van der Waals surface area contributed by atoms with Crippen LogP contribution >= 0.6 is 0 Å². The van der Waals surface area contributed by atoms with Crippen LogP contribution in [0, 0.1) is 5.92 Å². The van der Waals surface area contributed by atoms with Gasteiger partial charge in [0.1, 0.15) is 6.17 Å². The highest BCUT2D eigenvalue weighted by Crippen LogP contribution is 2.42. The van der Waals surface area contributed by atoms with Crippen molar-refractivity contribution in [3.05, 3.63) is 34.9 Å². The summed E-state index contributed by atoms with van der Waals surface area (Å²) >= 11 is 0. The van der Waals surface area contributed by atoms with Crippen LogP contribution in [0.25, 0.3) is 0 Å². The van der Waals surface area contributed by atoms with Gasteiger partial charge < -0.3 is 10.1 Å². The zero-order chi connectivity index (χ0) is 28.9. The van der Waals surface area contributed by atoms with Crippen LogP contribution in [0.5, 0.6) is 0 Å². The van der Waals surface area contributed by atoms with Crippen molar-refractivity contribution >= 4 is 5.91 Å². The second kappa shape index (κ2) is 14.0. The minimum atomic E-state index is -0.771. The molecule has 2 saturated carbocycles. The number of nitrogens with one attached hydrogen (secondary N) is 3. The highest BCUT2D eigenvalue weighted by Gasteiger charge is 2.52. The van der Waals surface area contributed by atoms with E-state index in [1.165, 1.54) is 93.7 Å². The lowest BCUT2D eigenvalue weighted by molar-refractivity contribution is -0.201. The summed E-state index contributed by atoms with van der Waals surface area (Å²) in [6.45, 7) is 2.66. The molecule has 4 unspecified atom stereocenters. The summed E-state index contributed by atoms with van der Waals surface area (Å²) in [4.78, 5) is 26.9. The van der Waals surface area contributed by atoms with E-state index >= 15 is 0 Å². The van der Waals surface area contributed by atoms with Crippen molar-refractivity contribution in [3.63, 3.8) is 0 Å². The summed E-state index contributed by atoms with van der Waals surface area (Å²) in [5, 5.41) is 9.42. The number of benzene rings is 1. The number of hydrogen-bond donors (Lipinski definition) is 3. The average Bonchev–Trinajstić information content (AvgIpc) is 3.67. The van der Waals surface area contributed by atoms with Crippen molar-refractivity contribution in [2.24, 2.45) is 5.92 Å². The SMILES string of the molecule is COCC1NC(c2ccc3c(c2)CC[C@H]3NC(=O)C2(C3CCCCCCCC3)CC(C)NO2)N(C2CCCCCC2)O1. The largest absolute Gasteiger partial charge is 0.380 e. The monoisotopic (exact) mass is 582 g/mol. The van der Waals surface area contributed by atoms with Gasteiger partial charge in [-0.2, -0.15) is 10.5 Å². The van der Waals surface area contributed by atoms with Crippen LogP contribution in [0.1, 0.15) is 139 Å². The second-order valence-corrected chi connectivity index (χ2v) is 13.8. The topological polar surface area (TPSA) is 84.1 Å². The molecule has 3 N–H and O–H groups in total. The molecule has 234 valence electrons. The number of hydrogen-bond acceptors (Lipinski definition) is 7. The molecule has 2 saturated heterocycles. The number of amides is 1. The smallest absolute Gasteiger partial charge is 0.255 e. The Kier molecular flexibility index (Phi) is 10.2. The zero-order valence-corrected chi connectivity index (χ0v) is 26.0. The molecule has 0 aromatic heterocycles. The van der Waals surface area contributed by atoms with Gasteiger partial charge in [0, 0.05) is 25.6 Å². The molecule has 3 aliphatic carbocycles. The fourth-order valence-corrected chi connectivity index (χ4v) is 8.43. The number of fused-ring (bicyclic) bond motifs is 1. The van der Waals surface area contributed by atoms with E-state index in [0.29, 0.717) is 12.6 Å². The van der Waals surface area contributed by atoms with E-state index in [1.807, 2.05) is 0 Å². The number of hydroxylamine groups is 3. The lowest BCUT2D eigenvalue weighted by Crippen LogP contribution is -2.53. The summed E-state index contributed by atoms with van der Waals surface area (Å²) in [7, 11) is 1.73. The highest BCUT2D eigenvalue weighted by atomic mass is 16.7. The number of ether oxygens (including phenoxy) is 1. The van der Waals surface area contributed by atoms with Crippen LogP contribution in [0.15, 0.2) is 18.2 Å². The first kappa shape index (κ1) is 30.5. The highest BCUT2D eigenvalue weighted by molar-refractivity contribution is 5.86. The molecule has 0 bridgehead atoms. The maximum Gasteiger partial charge on any atom is 0.255 e. The van der Waals surface area contributed by atoms with E-state index in [0.717, 1.165) is 32.1 Å². The van der Waals surface area contributed by atoms with Gasteiger partial charge in [-0.1, -0.05) is 82.4 Å². The van der Waals surface area contributed by atoms with Crippen molar-refractivity contribution in [3.8, 4) is 0 Å². The van der Waals surface area contributed by atoms with Gasteiger partial charge >= 0.3 is 0 Å². The first-order valence-corrected chi connectivity index (χ1v) is 17.1. The Morgan fingerprint density at radius 1 is 1.00 bits per heavy atom. The van der Waals surface area contributed by atoms with Crippen molar-refractivity contribution in [2.45, 2.75) is 152 Å². The normalized spacial score (nSPS) is 34.0. The maximum atomic E-state index is 14.2. The maximum absolute atomic E-state index is 14.2. The summed E-state index contributed by atoms with van der Waals surface area (Å²) in [5.41, 5.74) is 6.24. The summed E-state index contributed by atoms with van der Waals surface area (Å²) in [6.07, 6.45) is 19.7. The number of nitrogens with zero attached hydrogens (tertiary/aromatic N) is 1. The molecule has 8 nitrogen and oxygen atoms in total. The Hall–Kier alpha value is -1.55. The van der Waals surface area contributed by atoms with Crippen molar-refractivity contribution in [1.29, 1.82) is 0 Å². The lowest BCUT2D eigenvalue weighted by atomic mass is 9.76. The van der Waals surface area contributed by atoms with Gasteiger partial charge in [-0.05, 0) is 68.1 Å². The Morgan fingerprint density at radius 3 is 2.36 bits per heavy atom. The zero-order valence-electron chi connectivity index (χ0n) is 26.0. The van der Waals surface area contributed by atoms with Crippen molar-refractivity contribution in [2.75, 3.05) is 13.7 Å². The van der Waals surface area contributed by atoms with Gasteiger partial charge in [-0.15, -0.1) is 0 Å². The van der Waals surface area contributed by atoms with Crippen LogP contribution in [0.2, 0.25) is 0 Å². The Morgan fingerprint density at radius 2 is 1.69 bits per heavy atom. The van der Waals surface area contributed by atoms with Crippen LogP contribution in [-0.2, 0) is 25.6 Å². The van der Waals surface area contributed by atoms with E-state index in [-0.39, 0.29) is 36.3 Å². The molecule has 0 spiro atoms. The molecule has 1 aromatic carbocycles. The molecule has 2 heterocycles. The molecule has 5 aliphatic rings. The number of carbonyl (C=O) groups excluding carboxylic acids is 1. The van der Waals surface area contributed by atoms with Gasteiger partial charge in [-0.3, -0.25) is 19.8 Å². The van der Waals surface area contributed by atoms with E-state index in [4.69, 9.17) is 14.4 Å². The van der Waals surface area contributed by atoms with Crippen LogP contribution in [-0.4, -0.2) is 48.6 Å². The predicted molar refractivity (Wildman–Crippen MR) is 163 cm³/mol. The molecule has 0 radical (unpaired) electrons. The standard InChI is InChI=1S/C34H54N4O4/c1-24-22-34(42-37-24,27-13-9-5-3-4-6-10-14-27)33(39)35-30-20-18-25-21-26(17-19-29(25)30)32-36-31(23-40-2)41-38(32)28-15-11-7-8-12-16-28/h17,19,21,24,27-28,30-32,36-37H,3-16,18,20,22-23H2,1-2H3,(H,35,39)/t24?,30-,31?,32?,34?/m1/s1. The van der Waals surface area contributed by atoms with Gasteiger partial charge in [0.25, 0.3) is 5.91 Å². The quantitative estimate of drug-likeness (QED) is 0.334. The average molecular weight is 583 g/mol. The Bertz CT molecular complexity index is 1040. The van der Waals surface area contributed by atoms with Gasteiger partial charge in [0.15, 0.2) is 11.8 Å². The molecule has 6 rings (SSSR count). The number of carbonyl (C=O) groups is 1. The van der Waals surface area contributed by atoms with E-state index < -0.39 is 5.60 Å². The molecule has 5 atom stereocenters. The number of aryl methyl sites for hydroxylation is 1. The minimum Gasteiger partial charge on any atom is -0.380 e. The molecule has 42 heavy (non-hydrogen) atoms.